The van der Waals surface area contributed by atoms with Crippen molar-refractivity contribution >= 4 is 34.7 Å². The summed E-state index contributed by atoms with van der Waals surface area (Å²) in [6.45, 7) is 9.75. The molecule has 148 valence electrons. The number of guanidine groups is 1. The molecule has 2 heterocycles. The summed E-state index contributed by atoms with van der Waals surface area (Å²) < 4.78 is 0.672. The SMILES string of the molecule is CCNC(=NCc1ccc(N(CC)CC)nc1)NCC(O)c1ccc(Cl)s1. The van der Waals surface area contributed by atoms with Crippen molar-refractivity contribution in [3.8, 4) is 0 Å². The van der Waals surface area contributed by atoms with Gasteiger partial charge in [0.25, 0.3) is 0 Å². The molecule has 0 bridgehead atoms. The predicted octanol–water partition coefficient (Wildman–Crippen LogP) is 3.43. The second-order valence-corrected chi connectivity index (χ2v) is 7.68. The number of hydrogen-bond acceptors (Lipinski definition) is 5. The Kier molecular flexibility index (Phi) is 8.84. The summed E-state index contributed by atoms with van der Waals surface area (Å²) in [6.07, 6.45) is 1.24. The Morgan fingerprint density at radius 2 is 2.00 bits per heavy atom. The van der Waals surface area contributed by atoms with Gasteiger partial charge in [0.1, 0.15) is 11.9 Å². The lowest BCUT2D eigenvalue weighted by Crippen LogP contribution is -2.39. The lowest BCUT2D eigenvalue weighted by atomic mass is 10.3. The molecule has 27 heavy (non-hydrogen) atoms. The van der Waals surface area contributed by atoms with Crippen LogP contribution in [0.1, 0.15) is 37.3 Å². The highest BCUT2D eigenvalue weighted by Gasteiger charge is 2.11. The van der Waals surface area contributed by atoms with Gasteiger partial charge in [-0.1, -0.05) is 17.7 Å². The highest BCUT2D eigenvalue weighted by atomic mass is 35.5. The van der Waals surface area contributed by atoms with Gasteiger partial charge in [-0.15, -0.1) is 11.3 Å². The second kappa shape index (κ2) is 11.1. The zero-order valence-corrected chi connectivity index (χ0v) is 17.6. The van der Waals surface area contributed by atoms with Crippen LogP contribution in [0.5, 0.6) is 0 Å². The van der Waals surface area contributed by atoms with Gasteiger partial charge in [-0.25, -0.2) is 9.98 Å². The first-order valence-corrected chi connectivity index (χ1v) is 10.4. The van der Waals surface area contributed by atoms with Gasteiger partial charge < -0.3 is 20.6 Å². The lowest BCUT2D eigenvalue weighted by Gasteiger charge is -2.19. The van der Waals surface area contributed by atoms with E-state index in [1.807, 2.05) is 25.3 Å². The monoisotopic (exact) mass is 409 g/mol. The number of aliphatic hydroxyl groups excluding tert-OH is 1. The fraction of sp³-hybridized carbons (Fsp3) is 0.474. The highest BCUT2D eigenvalue weighted by molar-refractivity contribution is 7.16. The van der Waals surface area contributed by atoms with Crippen molar-refractivity contribution in [1.29, 1.82) is 0 Å². The van der Waals surface area contributed by atoms with E-state index < -0.39 is 6.10 Å². The van der Waals surface area contributed by atoms with Gasteiger partial charge in [0.2, 0.25) is 0 Å². The largest absolute Gasteiger partial charge is 0.386 e. The van der Waals surface area contributed by atoms with Crippen molar-refractivity contribution in [2.75, 3.05) is 31.1 Å². The van der Waals surface area contributed by atoms with Crippen LogP contribution in [0.15, 0.2) is 35.5 Å². The number of pyridine rings is 1. The number of aromatic nitrogens is 1. The Balaban J connectivity index is 1.94. The molecule has 0 fully saturated rings. The van der Waals surface area contributed by atoms with Gasteiger partial charge in [-0.2, -0.15) is 0 Å². The molecule has 0 spiro atoms. The molecule has 2 aromatic rings. The standard InChI is InChI=1S/C19H28ClN5OS/c1-4-21-19(24-13-15(26)16-8-9-17(20)27-16)23-12-14-7-10-18(22-11-14)25(5-2)6-3/h7-11,15,26H,4-6,12-13H2,1-3H3,(H2,21,23,24). The Bertz CT molecular complexity index is 715. The van der Waals surface area contributed by atoms with Gasteiger partial charge in [0, 0.05) is 37.3 Å². The van der Waals surface area contributed by atoms with Crippen LogP contribution < -0.4 is 15.5 Å². The summed E-state index contributed by atoms with van der Waals surface area (Å²) in [4.78, 5) is 12.1. The summed E-state index contributed by atoms with van der Waals surface area (Å²) in [5.74, 6) is 1.64. The second-order valence-electron chi connectivity index (χ2n) is 5.93. The van der Waals surface area contributed by atoms with E-state index >= 15 is 0 Å². The van der Waals surface area contributed by atoms with E-state index in [-0.39, 0.29) is 0 Å². The van der Waals surface area contributed by atoms with Crippen LogP contribution in [0.4, 0.5) is 5.82 Å². The molecule has 8 heteroatoms. The van der Waals surface area contributed by atoms with Crippen LogP contribution in [0.3, 0.4) is 0 Å². The van der Waals surface area contributed by atoms with Crippen molar-refractivity contribution in [2.45, 2.75) is 33.4 Å². The first-order chi connectivity index (χ1) is 13.1. The summed E-state index contributed by atoms with van der Waals surface area (Å²) in [5, 5.41) is 16.6. The van der Waals surface area contributed by atoms with E-state index in [9.17, 15) is 5.11 Å². The molecule has 1 unspecified atom stereocenters. The Morgan fingerprint density at radius 3 is 2.56 bits per heavy atom. The van der Waals surface area contributed by atoms with Crippen molar-refractivity contribution in [3.63, 3.8) is 0 Å². The normalized spacial score (nSPS) is 12.7. The van der Waals surface area contributed by atoms with Crippen LogP contribution in [-0.2, 0) is 6.54 Å². The average molecular weight is 410 g/mol. The van der Waals surface area contributed by atoms with Crippen molar-refractivity contribution in [3.05, 3.63) is 45.2 Å². The summed E-state index contributed by atoms with van der Waals surface area (Å²) in [6, 6.07) is 7.71. The maximum Gasteiger partial charge on any atom is 0.191 e. The third-order valence-electron chi connectivity index (χ3n) is 4.05. The van der Waals surface area contributed by atoms with Crippen molar-refractivity contribution < 1.29 is 5.11 Å². The zero-order chi connectivity index (χ0) is 19.6. The third-order valence-corrected chi connectivity index (χ3v) is 5.38. The maximum atomic E-state index is 10.3. The van der Waals surface area contributed by atoms with Crippen LogP contribution in [0, 0.1) is 0 Å². The minimum absolute atomic E-state index is 0.363. The van der Waals surface area contributed by atoms with Crippen LogP contribution in [-0.4, -0.2) is 42.2 Å². The number of anilines is 1. The van der Waals surface area contributed by atoms with Gasteiger partial charge in [0.05, 0.1) is 10.9 Å². The Labute approximate surface area is 170 Å². The molecule has 0 amide bonds. The van der Waals surface area contributed by atoms with Crippen molar-refractivity contribution in [2.24, 2.45) is 4.99 Å². The molecule has 0 aliphatic heterocycles. The average Bonchev–Trinajstić information content (AvgIpc) is 3.12. The first-order valence-electron chi connectivity index (χ1n) is 9.22. The summed E-state index contributed by atoms with van der Waals surface area (Å²) >= 11 is 7.31. The highest BCUT2D eigenvalue weighted by Crippen LogP contribution is 2.26. The predicted molar refractivity (Wildman–Crippen MR) is 115 cm³/mol. The third kappa shape index (κ3) is 6.68. The number of thiophene rings is 1. The van der Waals surface area contributed by atoms with Crippen molar-refractivity contribution in [1.82, 2.24) is 15.6 Å². The lowest BCUT2D eigenvalue weighted by molar-refractivity contribution is 0.184. The van der Waals surface area contributed by atoms with Gasteiger partial charge in [0.15, 0.2) is 5.96 Å². The van der Waals surface area contributed by atoms with E-state index in [0.717, 1.165) is 35.9 Å². The number of aliphatic hydroxyl groups is 1. The molecule has 2 aromatic heterocycles. The van der Waals surface area contributed by atoms with Crippen LogP contribution >= 0.6 is 22.9 Å². The fourth-order valence-corrected chi connectivity index (χ4v) is 3.61. The molecule has 0 aliphatic rings. The van der Waals surface area contributed by atoms with E-state index in [1.54, 1.807) is 6.07 Å². The smallest absolute Gasteiger partial charge is 0.191 e. The maximum absolute atomic E-state index is 10.3. The number of hydrogen-bond donors (Lipinski definition) is 3. The Hall–Kier alpha value is -1.83. The Morgan fingerprint density at radius 1 is 1.22 bits per heavy atom. The minimum Gasteiger partial charge on any atom is -0.386 e. The molecule has 2 rings (SSSR count). The van der Waals surface area contributed by atoms with Gasteiger partial charge >= 0.3 is 0 Å². The molecule has 0 saturated carbocycles. The number of aliphatic imine (C=N–C) groups is 1. The number of rotatable bonds is 9. The molecule has 3 N–H and O–H groups in total. The number of halogens is 1. The number of nitrogens with one attached hydrogen (secondary N) is 2. The van der Waals surface area contributed by atoms with E-state index in [4.69, 9.17) is 11.6 Å². The van der Waals surface area contributed by atoms with E-state index in [1.165, 1.54) is 11.3 Å². The summed E-state index contributed by atoms with van der Waals surface area (Å²) in [5.41, 5.74) is 1.04. The molecule has 0 radical (unpaired) electrons. The molecule has 0 saturated heterocycles. The van der Waals surface area contributed by atoms with Gasteiger partial charge in [-0.3, -0.25) is 0 Å². The van der Waals surface area contributed by atoms with E-state index in [2.05, 4.69) is 45.4 Å². The minimum atomic E-state index is -0.624. The molecule has 0 aliphatic carbocycles. The van der Waals surface area contributed by atoms with Crippen LogP contribution in [0.25, 0.3) is 0 Å². The number of nitrogens with zero attached hydrogens (tertiary/aromatic N) is 3. The van der Waals surface area contributed by atoms with E-state index in [0.29, 0.717) is 23.4 Å². The topological polar surface area (TPSA) is 72.8 Å². The molecule has 6 nitrogen and oxygen atoms in total. The quantitative estimate of drug-likeness (QED) is 0.437. The molecular weight excluding hydrogens is 382 g/mol. The first kappa shape index (κ1) is 21.5. The zero-order valence-electron chi connectivity index (χ0n) is 16.1. The molecule has 1 atom stereocenters. The van der Waals surface area contributed by atoms with Crippen LogP contribution in [0.2, 0.25) is 4.34 Å². The summed E-state index contributed by atoms with van der Waals surface area (Å²) in [7, 11) is 0. The van der Waals surface area contributed by atoms with Gasteiger partial charge in [-0.05, 0) is 44.5 Å². The molecular formula is C19H28ClN5OS. The molecule has 0 aromatic carbocycles. The fourth-order valence-electron chi connectivity index (χ4n) is 2.56.